The van der Waals surface area contributed by atoms with Crippen molar-refractivity contribution in [2.24, 2.45) is 0 Å². The Morgan fingerprint density at radius 3 is 2.73 bits per heavy atom. The molecule has 0 saturated heterocycles. The van der Waals surface area contributed by atoms with Crippen molar-refractivity contribution in [3.63, 3.8) is 0 Å². The number of thioether (sulfide) groups is 1. The van der Waals surface area contributed by atoms with Crippen LogP contribution in [0.5, 0.6) is 0 Å². The van der Waals surface area contributed by atoms with Crippen LogP contribution in [0.25, 0.3) is 0 Å². The van der Waals surface area contributed by atoms with Crippen molar-refractivity contribution in [2.45, 2.75) is 45.4 Å². The van der Waals surface area contributed by atoms with Gasteiger partial charge >= 0.3 is 0 Å². The maximum absolute atomic E-state index is 5.49. The Hall–Kier alpha value is -0.480. The molecule has 1 aromatic heterocycles. The van der Waals surface area contributed by atoms with Gasteiger partial charge in [0.15, 0.2) is 0 Å². The molecule has 0 aromatic carbocycles. The second kappa shape index (κ2) is 6.18. The summed E-state index contributed by atoms with van der Waals surface area (Å²) in [7, 11) is 0. The van der Waals surface area contributed by atoms with Gasteiger partial charge in [0.2, 0.25) is 0 Å². The summed E-state index contributed by atoms with van der Waals surface area (Å²) >= 11 is 1.67. The van der Waals surface area contributed by atoms with Gasteiger partial charge in [-0.2, -0.15) is 0 Å². The lowest BCUT2D eigenvalue weighted by Crippen LogP contribution is -2.28. The lowest BCUT2D eigenvalue weighted by Gasteiger charge is -2.10. The SMILES string of the molecule is CCCNC(C)CSc1nc(C)c(C)o1. The molecule has 0 radical (unpaired) electrons. The van der Waals surface area contributed by atoms with Crippen LogP contribution in [-0.4, -0.2) is 23.3 Å². The van der Waals surface area contributed by atoms with Gasteiger partial charge in [-0.15, -0.1) is 0 Å². The number of aryl methyl sites for hydroxylation is 2. The molecule has 0 aliphatic rings. The van der Waals surface area contributed by atoms with E-state index in [9.17, 15) is 0 Å². The van der Waals surface area contributed by atoms with E-state index in [2.05, 4.69) is 24.1 Å². The van der Waals surface area contributed by atoms with Crippen molar-refractivity contribution in [1.82, 2.24) is 10.3 Å². The summed E-state index contributed by atoms with van der Waals surface area (Å²) in [4.78, 5) is 4.33. The molecule has 1 N–H and O–H groups in total. The predicted octanol–water partition coefficient (Wildman–Crippen LogP) is 2.77. The molecule has 0 bridgehead atoms. The number of rotatable bonds is 6. The Morgan fingerprint density at radius 1 is 1.47 bits per heavy atom. The fourth-order valence-corrected chi connectivity index (χ4v) is 2.05. The molecular weight excluding hydrogens is 208 g/mol. The first-order valence-electron chi connectivity index (χ1n) is 5.43. The van der Waals surface area contributed by atoms with Crippen molar-refractivity contribution in [1.29, 1.82) is 0 Å². The van der Waals surface area contributed by atoms with E-state index in [0.29, 0.717) is 6.04 Å². The Labute approximate surface area is 96.0 Å². The van der Waals surface area contributed by atoms with Crippen LogP contribution < -0.4 is 5.32 Å². The summed E-state index contributed by atoms with van der Waals surface area (Å²) in [6, 6.07) is 0.502. The van der Waals surface area contributed by atoms with Gasteiger partial charge in [0.05, 0.1) is 5.69 Å². The topological polar surface area (TPSA) is 38.1 Å². The molecule has 1 atom stereocenters. The average Bonchev–Trinajstić information content (AvgIpc) is 2.52. The van der Waals surface area contributed by atoms with Crippen LogP contribution in [-0.2, 0) is 0 Å². The van der Waals surface area contributed by atoms with Crippen LogP contribution in [0.3, 0.4) is 0 Å². The van der Waals surface area contributed by atoms with Crippen LogP contribution >= 0.6 is 11.8 Å². The average molecular weight is 228 g/mol. The van der Waals surface area contributed by atoms with Crippen molar-refractivity contribution in [3.05, 3.63) is 11.5 Å². The molecule has 1 heterocycles. The van der Waals surface area contributed by atoms with Crippen LogP contribution in [0.2, 0.25) is 0 Å². The number of nitrogens with zero attached hydrogens (tertiary/aromatic N) is 1. The number of oxazole rings is 1. The fraction of sp³-hybridized carbons (Fsp3) is 0.727. The van der Waals surface area contributed by atoms with Crippen molar-refractivity contribution >= 4 is 11.8 Å². The van der Waals surface area contributed by atoms with E-state index >= 15 is 0 Å². The van der Waals surface area contributed by atoms with Gasteiger partial charge in [-0.3, -0.25) is 0 Å². The highest BCUT2D eigenvalue weighted by atomic mass is 32.2. The monoisotopic (exact) mass is 228 g/mol. The molecule has 15 heavy (non-hydrogen) atoms. The summed E-state index contributed by atoms with van der Waals surface area (Å²) in [5.41, 5.74) is 0.992. The number of aromatic nitrogens is 1. The molecule has 3 nitrogen and oxygen atoms in total. The second-order valence-electron chi connectivity index (χ2n) is 3.79. The first-order chi connectivity index (χ1) is 7.13. The number of nitrogens with one attached hydrogen (secondary N) is 1. The van der Waals surface area contributed by atoms with Gasteiger partial charge in [0, 0.05) is 11.8 Å². The van der Waals surface area contributed by atoms with Crippen molar-refractivity contribution in [2.75, 3.05) is 12.3 Å². The molecular formula is C11H20N2OS. The molecule has 0 aliphatic heterocycles. The summed E-state index contributed by atoms with van der Waals surface area (Å²) in [5, 5.41) is 4.22. The Bertz CT molecular complexity index is 279. The minimum absolute atomic E-state index is 0.502. The van der Waals surface area contributed by atoms with Gasteiger partial charge in [-0.05, 0) is 33.7 Å². The maximum Gasteiger partial charge on any atom is 0.256 e. The third-order valence-corrected chi connectivity index (χ3v) is 3.30. The van der Waals surface area contributed by atoms with Crippen LogP contribution in [0.1, 0.15) is 31.7 Å². The smallest absolute Gasteiger partial charge is 0.256 e. The maximum atomic E-state index is 5.49. The Balaban J connectivity index is 2.30. The van der Waals surface area contributed by atoms with Crippen molar-refractivity contribution in [3.8, 4) is 0 Å². The van der Waals surface area contributed by atoms with Crippen molar-refractivity contribution < 1.29 is 4.42 Å². The van der Waals surface area contributed by atoms with E-state index in [4.69, 9.17) is 4.42 Å². The van der Waals surface area contributed by atoms with Crippen LogP contribution in [0.15, 0.2) is 9.64 Å². The molecule has 1 aromatic rings. The van der Waals surface area contributed by atoms with E-state index in [1.807, 2.05) is 13.8 Å². The highest BCUT2D eigenvalue weighted by Gasteiger charge is 2.08. The molecule has 0 saturated carbocycles. The molecule has 0 fully saturated rings. The van der Waals surface area contributed by atoms with Crippen LogP contribution in [0.4, 0.5) is 0 Å². The van der Waals surface area contributed by atoms with Crippen LogP contribution in [0, 0.1) is 13.8 Å². The summed E-state index contributed by atoms with van der Waals surface area (Å²) in [6.07, 6.45) is 1.17. The van der Waals surface area contributed by atoms with Gasteiger partial charge in [-0.1, -0.05) is 18.7 Å². The Kier molecular flexibility index (Phi) is 5.19. The molecule has 1 rings (SSSR count). The minimum Gasteiger partial charge on any atom is -0.437 e. The van der Waals surface area contributed by atoms with Gasteiger partial charge < -0.3 is 9.73 Å². The highest BCUT2D eigenvalue weighted by Crippen LogP contribution is 2.20. The first-order valence-corrected chi connectivity index (χ1v) is 6.42. The molecule has 0 spiro atoms. The quantitative estimate of drug-likeness (QED) is 0.760. The minimum atomic E-state index is 0.502. The van der Waals surface area contributed by atoms with Gasteiger partial charge in [0.1, 0.15) is 5.76 Å². The summed E-state index contributed by atoms with van der Waals surface area (Å²) in [5.74, 6) is 1.92. The second-order valence-corrected chi connectivity index (χ2v) is 4.76. The molecule has 0 amide bonds. The summed E-state index contributed by atoms with van der Waals surface area (Å²) in [6.45, 7) is 9.36. The predicted molar refractivity (Wildman–Crippen MR) is 64.5 cm³/mol. The highest BCUT2D eigenvalue weighted by molar-refractivity contribution is 7.99. The van der Waals surface area contributed by atoms with E-state index < -0.39 is 0 Å². The third kappa shape index (κ3) is 4.26. The first kappa shape index (κ1) is 12.6. The van der Waals surface area contributed by atoms with E-state index in [0.717, 1.165) is 29.0 Å². The molecule has 86 valence electrons. The molecule has 1 unspecified atom stereocenters. The zero-order valence-electron chi connectivity index (χ0n) is 9.96. The third-order valence-electron chi connectivity index (χ3n) is 2.21. The normalized spacial score (nSPS) is 13.1. The molecule has 4 heteroatoms. The zero-order chi connectivity index (χ0) is 11.3. The largest absolute Gasteiger partial charge is 0.437 e. The Morgan fingerprint density at radius 2 is 2.20 bits per heavy atom. The number of hydrogen-bond donors (Lipinski definition) is 1. The van der Waals surface area contributed by atoms with E-state index in [-0.39, 0.29) is 0 Å². The van der Waals surface area contributed by atoms with Gasteiger partial charge in [0.25, 0.3) is 5.22 Å². The van der Waals surface area contributed by atoms with E-state index in [1.54, 1.807) is 11.8 Å². The lowest BCUT2D eigenvalue weighted by molar-refractivity contribution is 0.430. The zero-order valence-corrected chi connectivity index (χ0v) is 10.8. The number of hydrogen-bond acceptors (Lipinski definition) is 4. The summed E-state index contributed by atoms with van der Waals surface area (Å²) < 4.78 is 5.49. The lowest BCUT2D eigenvalue weighted by atomic mass is 10.3. The fourth-order valence-electron chi connectivity index (χ4n) is 1.15. The van der Waals surface area contributed by atoms with Gasteiger partial charge in [-0.25, -0.2) is 4.98 Å². The van der Waals surface area contributed by atoms with E-state index in [1.165, 1.54) is 6.42 Å². The standard InChI is InChI=1S/C11H20N2OS/c1-5-6-12-8(2)7-15-11-13-9(3)10(4)14-11/h8,12H,5-7H2,1-4H3. The molecule has 0 aliphatic carbocycles.